The zero-order valence-corrected chi connectivity index (χ0v) is 30.9. The summed E-state index contributed by atoms with van der Waals surface area (Å²) in [5.41, 5.74) is 5.84. The number of piperazine rings is 1. The summed E-state index contributed by atoms with van der Waals surface area (Å²) < 4.78 is 6.53. The van der Waals surface area contributed by atoms with Crippen LogP contribution in [0.4, 0.5) is 11.5 Å². The van der Waals surface area contributed by atoms with Crippen LogP contribution >= 0.6 is 11.6 Å². The van der Waals surface area contributed by atoms with Gasteiger partial charge in [0.25, 0.3) is 0 Å². The average molecular weight is 718 g/mol. The minimum absolute atomic E-state index is 0.144. The van der Waals surface area contributed by atoms with Crippen LogP contribution in [0.2, 0.25) is 5.02 Å². The third-order valence-corrected chi connectivity index (χ3v) is 11.3. The minimum Gasteiger partial charge on any atom is -0.462 e. The fraction of sp³-hybridized carbons (Fsp3) is 0.429. The lowest BCUT2D eigenvalue weighted by Crippen LogP contribution is -2.55. The number of benzene rings is 3. The van der Waals surface area contributed by atoms with Gasteiger partial charge in [-0.1, -0.05) is 72.3 Å². The van der Waals surface area contributed by atoms with Crippen molar-refractivity contribution in [3.63, 3.8) is 0 Å². The molecule has 4 heterocycles. The van der Waals surface area contributed by atoms with Crippen LogP contribution in [0.5, 0.6) is 6.01 Å². The van der Waals surface area contributed by atoms with Crippen LogP contribution in [0, 0.1) is 18.3 Å². The van der Waals surface area contributed by atoms with Crippen LogP contribution in [0.3, 0.4) is 0 Å². The number of fused-ring (bicyclic) bond motifs is 2. The minimum atomic E-state index is -0.254. The smallest absolute Gasteiger partial charge is 0.318 e. The standard InChI is InChI=1S/C42H48ClN7O2/c1-3-39(51)50-26-25-49(27-33(50)19-21-44)41-35-20-24-48(38-14-7-11-32-10-6-13-36(43)40(32)38)28-37(35)45-42(46-41)52-29-34-12-8-23-47(34)22-5-4-9-31-17-15-30(2)16-18-31/h3,6-7,10-11,13-18,33-34H,1,4-5,8-9,12,19-20,22-29H2,2H3/t33-,34?/m0/s1. The lowest BCUT2D eigenvalue weighted by molar-refractivity contribution is -0.128. The van der Waals surface area contributed by atoms with Crippen LogP contribution < -0.4 is 14.5 Å². The summed E-state index contributed by atoms with van der Waals surface area (Å²) in [6.07, 6.45) is 8.02. The maximum Gasteiger partial charge on any atom is 0.318 e. The monoisotopic (exact) mass is 717 g/mol. The first kappa shape index (κ1) is 35.7. The van der Waals surface area contributed by atoms with Crippen molar-refractivity contribution in [3.8, 4) is 12.1 Å². The Labute approximate surface area is 312 Å². The van der Waals surface area contributed by atoms with Gasteiger partial charge < -0.3 is 19.4 Å². The quantitative estimate of drug-likeness (QED) is 0.113. The Hall–Kier alpha value is -4.65. The SMILES string of the molecule is C=CC(=O)N1CCN(c2nc(OCC3CCCN3CCCCc3ccc(C)cc3)nc3c2CCN(c2cccc4cccc(Cl)c24)C3)C[C@@H]1CC#N. The molecule has 9 nitrogen and oxygen atoms in total. The number of aryl methyl sites for hydroxylation is 2. The molecule has 1 aromatic heterocycles. The van der Waals surface area contributed by atoms with Gasteiger partial charge in [-0.3, -0.25) is 9.69 Å². The fourth-order valence-corrected chi connectivity index (χ4v) is 8.42. The molecule has 2 fully saturated rings. The Bertz CT molecular complexity index is 1940. The molecule has 10 heteroatoms. The number of likely N-dealkylation sites (tertiary alicyclic amines) is 1. The number of hydrogen-bond acceptors (Lipinski definition) is 8. The molecular weight excluding hydrogens is 670 g/mol. The summed E-state index contributed by atoms with van der Waals surface area (Å²) >= 11 is 6.77. The van der Waals surface area contributed by atoms with Gasteiger partial charge in [0.15, 0.2) is 0 Å². The van der Waals surface area contributed by atoms with Crippen molar-refractivity contribution in [3.05, 3.63) is 101 Å². The van der Waals surface area contributed by atoms with E-state index >= 15 is 0 Å². The molecule has 1 amide bonds. The molecule has 1 unspecified atom stereocenters. The number of carbonyl (C=O) groups excluding carboxylic acids is 1. The number of aromatic nitrogens is 2. The normalized spacial score (nSPS) is 19.1. The van der Waals surface area contributed by atoms with Gasteiger partial charge >= 0.3 is 6.01 Å². The van der Waals surface area contributed by atoms with Gasteiger partial charge in [-0.25, -0.2) is 0 Å². The van der Waals surface area contributed by atoms with Crippen molar-refractivity contribution in [1.29, 1.82) is 5.26 Å². The number of hydrogen-bond donors (Lipinski definition) is 0. The second kappa shape index (κ2) is 16.4. The summed E-state index contributed by atoms with van der Waals surface area (Å²) in [4.78, 5) is 31.8. The largest absolute Gasteiger partial charge is 0.462 e. The number of nitrogens with zero attached hydrogens (tertiary/aromatic N) is 7. The molecule has 52 heavy (non-hydrogen) atoms. The second-order valence-corrected chi connectivity index (χ2v) is 14.7. The highest BCUT2D eigenvalue weighted by Crippen LogP contribution is 2.37. The van der Waals surface area contributed by atoms with Gasteiger partial charge in [-0.2, -0.15) is 15.2 Å². The van der Waals surface area contributed by atoms with Crippen LogP contribution in [0.25, 0.3) is 10.8 Å². The summed E-state index contributed by atoms with van der Waals surface area (Å²) in [6, 6.07) is 24.0. The number of halogens is 1. The summed E-state index contributed by atoms with van der Waals surface area (Å²) in [7, 11) is 0. The number of carbonyl (C=O) groups is 1. The molecule has 0 bridgehead atoms. The van der Waals surface area contributed by atoms with Crippen molar-refractivity contribution in [2.24, 2.45) is 0 Å². The van der Waals surface area contributed by atoms with E-state index in [1.165, 1.54) is 30.0 Å². The molecule has 3 aliphatic heterocycles. The van der Waals surface area contributed by atoms with Crippen LogP contribution in [0.1, 0.15) is 54.5 Å². The molecule has 0 radical (unpaired) electrons. The van der Waals surface area contributed by atoms with Gasteiger partial charge in [0, 0.05) is 48.9 Å². The molecule has 0 N–H and O–H groups in total. The highest BCUT2D eigenvalue weighted by molar-refractivity contribution is 6.36. The van der Waals surface area contributed by atoms with Crippen LogP contribution in [0.15, 0.2) is 73.3 Å². The molecular formula is C42H48ClN7O2. The van der Waals surface area contributed by atoms with Gasteiger partial charge in [0.2, 0.25) is 5.91 Å². The Balaban J connectivity index is 1.11. The van der Waals surface area contributed by atoms with Crippen molar-refractivity contribution >= 4 is 39.8 Å². The van der Waals surface area contributed by atoms with E-state index < -0.39 is 0 Å². The van der Waals surface area contributed by atoms with Gasteiger partial charge in [0.1, 0.15) is 12.4 Å². The Kier molecular flexibility index (Phi) is 11.2. The maximum atomic E-state index is 12.7. The van der Waals surface area contributed by atoms with E-state index in [9.17, 15) is 10.1 Å². The number of anilines is 2. The van der Waals surface area contributed by atoms with Crippen LogP contribution in [-0.2, 0) is 24.2 Å². The lowest BCUT2D eigenvalue weighted by Gasteiger charge is -2.42. The molecule has 270 valence electrons. The van der Waals surface area contributed by atoms with Crippen molar-refractivity contribution in [1.82, 2.24) is 19.8 Å². The maximum absolute atomic E-state index is 12.7. The topological polar surface area (TPSA) is 88.8 Å². The Morgan fingerprint density at radius 1 is 1.02 bits per heavy atom. The number of rotatable bonds is 12. The summed E-state index contributed by atoms with van der Waals surface area (Å²) in [5.74, 6) is 0.706. The summed E-state index contributed by atoms with van der Waals surface area (Å²) in [5, 5.41) is 12.5. The fourth-order valence-electron chi connectivity index (χ4n) is 8.14. The number of amides is 1. The first-order chi connectivity index (χ1) is 25.4. The van der Waals surface area contributed by atoms with E-state index in [0.717, 1.165) is 83.9 Å². The highest BCUT2D eigenvalue weighted by Gasteiger charge is 2.34. The zero-order chi connectivity index (χ0) is 36.0. The Morgan fingerprint density at radius 2 is 1.85 bits per heavy atom. The predicted molar refractivity (Wildman–Crippen MR) is 208 cm³/mol. The van der Waals surface area contributed by atoms with E-state index in [4.69, 9.17) is 26.3 Å². The lowest BCUT2D eigenvalue weighted by atomic mass is 10.0. The predicted octanol–water partition coefficient (Wildman–Crippen LogP) is 7.14. The van der Waals surface area contributed by atoms with Crippen LogP contribution in [-0.4, -0.2) is 83.6 Å². The second-order valence-electron chi connectivity index (χ2n) is 14.3. The first-order valence-electron chi connectivity index (χ1n) is 18.7. The van der Waals surface area contributed by atoms with E-state index in [1.54, 1.807) is 4.90 Å². The van der Waals surface area contributed by atoms with E-state index in [-0.39, 0.29) is 18.4 Å². The number of unbranched alkanes of at least 4 members (excludes halogenated alkanes) is 1. The molecule has 7 rings (SSSR count). The van der Waals surface area contributed by atoms with Gasteiger partial charge in [-0.05, 0) is 87.7 Å². The molecule has 2 saturated heterocycles. The zero-order valence-electron chi connectivity index (χ0n) is 30.1. The van der Waals surface area contributed by atoms with Crippen molar-refractivity contribution < 1.29 is 9.53 Å². The molecule has 0 spiro atoms. The highest BCUT2D eigenvalue weighted by atomic mass is 35.5. The van der Waals surface area contributed by atoms with Crippen molar-refractivity contribution in [2.45, 2.75) is 70.5 Å². The molecule has 2 atom stereocenters. The molecule has 3 aliphatic rings. The average Bonchev–Trinajstić information content (AvgIpc) is 3.62. The Morgan fingerprint density at radius 3 is 2.65 bits per heavy atom. The summed E-state index contributed by atoms with van der Waals surface area (Å²) in [6.45, 7) is 11.5. The molecule has 0 aliphatic carbocycles. The molecule has 4 aromatic rings. The van der Waals surface area contributed by atoms with Crippen molar-refractivity contribution in [2.75, 3.05) is 55.7 Å². The van der Waals surface area contributed by atoms with Gasteiger partial charge in [0.05, 0.1) is 35.8 Å². The van der Waals surface area contributed by atoms with E-state index in [0.29, 0.717) is 44.8 Å². The third kappa shape index (κ3) is 7.89. The third-order valence-electron chi connectivity index (χ3n) is 10.9. The molecule has 0 saturated carbocycles. The van der Waals surface area contributed by atoms with Gasteiger partial charge in [-0.15, -0.1) is 0 Å². The van der Waals surface area contributed by atoms with E-state index in [2.05, 4.69) is 82.8 Å². The molecule has 3 aromatic carbocycles. The first-order valence-corrected chi connectivity index (χ1v) is 19.1. The van der Waals surface area contributed by atoms with E-state index in [1.807, 2.05) is 12.1 Å². The number of ether oxygens (including phenoxy) is 1. The number of nitriles is 1.